The molecule has 0 aromatic carbocycles. The van der Waals surface area contributed by atoms with Crippen molar-refractivity contribution in [2.45, 2.75) is 26.7 Å². The van der Waals surface area contributed by atoms with Crippen LogP contribution in [0.1, 0.15) is 26.7 Å². The molecule has 0 radical (unpaired) electrons. The fourth-order valence-corrected chi connectivity index (χ4v) is 3.00. The number of halogens is 3. The van der Waals surface area contributed by atoms with E-state index in [2.05, 4.69) is 38.2 Å². The Labute approximate surface area is 150 Å². The fourth-order valence-electron chi connectivity index (χ4n) is 2.59. The quantitative estimate of drug-likeness (QED) is 0.459. The van der Waals surface area contributed by atoms with Crippen LogP contribution in [0, 0.1) is 5.92 Å². The predicted molar refractivity (Wildman–Crippen MR) is 62.4 cm³/mol. The molecule has 0 saturated heterocycles. The number of rotatable bonds is 4. The molecule has 2 rings (SSSR count). The van der Waals surface area contributed by atoms with E-state index in [0.717, 1.165) is 19.4 Å². The van der Waals surface area contributed by atoms with E-state index < -0.39 is 0 Å². The topological polar surface area (TPSA) is 9.23 Å². The van der Waals surface area contributed by atoms with E-state index in [-0.39, 0.29) is 37.2 Å². The van der Waals surface area contributed by atoms with Crippen molar-refractivity contribution in [3.8, 4) is 0 Å². The average Bonchev–Trinajstić information content (AvgIpc) is 2.84. The maximum absolute atomic E-state index is 5.49. The van der Waals surface area contributed by atoms with Gasteiger partial charge in [0.2, 0.25) is 0 Å². The summed E-state index contributed by atoms with van der Waals surface area (Å²) in [6, 6.07) is 0. The Morgan fingerprint density at radius 1 is 1.00 bits per heavy atom. The molecule has 0 fully saturated rings. The summed E-state index contributed by atoms with van der Waals surface area (Å²) in [7, 11) is 0. The van der Waals surface area contributed by atoms with Crippen molar-refractivity contribution in [3.05, 3.63) is 46.6 Å². The van der Waals surface area contributed by atoms with Crippen LogP contribution in [0.25, 0.3) is 0 Å². The van der Waals surface area contributed by atoms with Crippen LogP contribution >= 0.6 is 0 Å². The van der Waals surface area contributed by atoms with Crippen LogP contribution < -0.4 is 37.2 Å². The van der Waals surface area contributed by atoms with E-state index in [9.17, 15) is 0 Å². The average molecular weight is 399 g/mol. The van der Waals surface area contributed by atoms with Gasteiger partial charge in [0.25, 0.3) is 0 Å². The fraction of sp³-hybridized carbons (Fsp3) is 0.429. The van der Waals surface area contributed by atoms with Gasteiger partial charge in [-0.2, -0.15) is 0 Å². The minimum atomic E-state index is 0. The smallest absolute Gasteiger partial charge is 1.00 e. The van der Waals surface area contributed by atoms with E-state index >= 15 is 0 Å². The molecule has 0 amide bonds. The van der Waals surface area contributed by atoms with Gasteiger partial charge in [-0.1, -0.05) is 0 Å². The molecule has 2 aliphatic rings. The van der Waals surface area contributed by atoms with Crippen LogP contribution in [0.4, 0.5) is 0 Å². The molecule has 0 atom stereocenters. The van der Waals surface area contributed by atoms with Crippen molar-refractivity contribution >= 4 is 0 Å². The molecule has 0 aromatic heterocycles. The Kier molecular flexibility index (Phi) is 12.0. The van der Waals surface area contributed by atoms with E-state index in [0.29, 0.717) is 5.92 Å². The van der Waals surface area contributed by atoms with Gasteiger partial charge in [0.05, 0.1) is 0 Å². The summed E-state index contributed by atoms with van der Waals surface area (Å²) in [5.41, 5.74) is 5.98. The molecule has 5 heteroatoms. The van der Waals surface area contributed by atoms with E-state index in [1.165, 1.54) is 36.3 Å². The van der Waals surface area contributed by atoms with Crippen LogP contribution in [-0.4, -0.2) is 6.61 Å². The van der Waals surface area contributed by atoms with Crippen molar-refractivity contribution in [2.75, 3.05) is 6.61 Å². The third-order valence-electron chi connectivity index (χ3n) is 3.52. The standard InChI is InChI=1S/C14H17O.3ClH.Zr/c1-10-5-3-7-12(10)14(9-15)13-8-4-6-11(13)2;;;;/h3-6,14H,7-9H2,1-2H3;3*1H;/q-1;;;;+4/p-3. The Morgan fingerprint density at radius 2 is 1.42 bits per heavy atom. The molecule has 0 bridgehead atoms. The van der Waals surface area contributed by atoms with Gasteiger partial charge in [-0.25, -0.2) is 0 Å². The third-order valence-corrected chi connectivity index (χ3v) is 3.93. The van der Waals surface area contributed by atoms with Gasteiger partial charge in [0, 0.05) is 0 Å². The Bertz CT molecular complexity index is 375. The van der Waals surface area contributed by atoms with Crippen LogP contribution in [0.2, 0.25) is 0 Å². The first-order valence-corrected chi connectivity index (χ1v) is 6.75. The molecule has 0 aromatic rings. The van der Waals surface area contributed by atoms with Crippen molar-refractivity contribution in [3.63, 3.8) is 0 Å². The van der Waals surface area contributed by atoms with Gasteiger partial charge in [0.15, 0.2) is 0 Å². The zero-order chi connectivity index (χ0) is 11.5. The zero-order valence-electron chi connectivity index (χ0n) is 11.1. The normalized spacial score (nSPS) is 16.7. The first-order valence-electron chi connectivity index (χ1n) is 5.75. The molecule has 0 unspecified atom stereocenters. The molecule has 2 aliphatic carbocycles. The maximum Gasteiger partial charge on any atom is -1.00 e. The summed E-state index contributed by atoms with van der Waals surface area (Å²) in [6.45, 7) is 5.28. The second-order valence-corrected chi connectivity index (χ2v) is 5.20. The molecule has 19 heavy (non-hydrogen) atoms. The minimum absolute atomic E-state index is 0. The summed E-state index contributed by atoms with van der Waals surface area (Å²) < 4.78 is 5.49. The van der Waals surface area contributed by atoms with E-state index in [1.807, 2.05) is 0 Å². The monoisotopic (exact) mass is 396 g/mol. The molecule has 0 N–H and O–H groups in total. The summed E-state index contributed by atoms with van der Waals surface area (Å²) in [4.78, 5) is 0. The van der Waals surface area contributed by atoms with Gasteiger partial charge in [-0.05, 0) is 0 Å². The predicted octanol–water partition coefficient (Wildman–Crippen LogP) is -5.35. The second kappa shape index (κ2) is 10.4. The largest absolute Gasteiger partial charge is 1.00 e. The van der Waals surface area contributed by atoms with Gasteiger partial charge >= 0.3 is 114 Å². The van der Waals surface area contributed by atoms with Gasteiger partial charge in [-0.15, -0.1) is 0 Å². The van der Waals surface area contributed by atoms with Crippen molar-refractivity contribution in [1.29, 1.82) is 0 Å². The SMILES string of the molecule is CC1=C(C(C[O][Zr+3])C2=C(C)C=CC2)CC=C1.[Cl-].[Cl-].[Cl-]. The third kappa shape index (κ3) is 5.17. The summed E-state index contributed by atoms with van der Waals surface area (Å²) in [5.74, 6) is 0.504. The molecule has 0 aliphatic heterocycles. The minimum Gasteiger partial charge on any atom is -1.00 e. The van der Waals surface area contributed by atoms with Crippen molar-refractivity contribution < 1.29 is 65.2 Å². The Balaban J connectivity index is 0. The Morgan fingerprint density at radius 3 is 1.68 bits per heavy atom. The van der Waals surface area contributed by atoms with E-state index in [1.54, 1.807) is 11.1 Å². The summed E-state index contributed by atoms with van der Waals surface area (Å²) in [5, 5.41) is 0. The summed E-state index contributed by atoms with van der Waals surface area (Å²) in [6.07, 6.45) is 11.2. The molecule has 0 spiro atoms. The van der Waals surface area contributed by atoms with Crippen molar-refractivity contribution in [1.82, 2.24) is 0 Å². The molecule has 0 saturated carbocycles. The van der Waals surface area contributed by atoms with Crippen LogP contribution in [-0.2, 0) is 28.0 Å². The first kappa shape index (κ1) is 22.0. The number of allylic oxidation sites excluding steroid dienone is 6. The van der Waals surface area contributed by atoms with Gasteiger partial charge in [0.1, 0.15) is 0 Å². The van der Waals surface area contributed by atoms with Crippen molar-refractivity contribution in [2.24, 2.45) is 5.92 Å². The van der Waals surface area contributed by atoms with Crippen LogP contribution in [0.3, 0.4) is 0 Å². The van der Waals surface area contributed by atoms with Gasteiger partial charge < -0.3 is 37.2 Å². The second-order valence-electron chi connectivity index (χ2n) is 4.49. The van der Waals surface area contributed by atoms with Crippen LogP contribution in [0.15, 0.2) is 46.6 Å². The Hall–Kier alpha value is 0.673. The summed E-state index contributed by atoms with van der Waals surface area (Å²) >= 11 is 1.17. The van der Waals surface area contributed by atoms with Crippen LogP contribution in [0.5, 0.6) is 0 Å². The molecule has 1 nitrogen and oxygen atoms in total. The molecular weight excluding hydrogens is 382 g/mol. The van der Waals surface area contributed by atoms with E-state index in [4.69, 9.17) is 2.81 Å². The zero-order valence-corrected chi connectivity index (χ0v) is 15.8. The molecule has 0 heterocycles. The number of hydrogen-bond donors (Lipinski definition) is 0. The first-order chi connectivity index (χ1) is 7.74. The van der Waals surface area contributed by atoms with Gasteiger partial charge in [-0.3, -0.25) is 0 Å². The number of hydrogen-bond acceptors (Lipinski definition) is 1. The molecule has 104 valence electrons. The molecular formula is C14H17Cl3OZr. The maximum atomic E-state index is 5.49.